The first kappa shape index (κ1) is 21.1. The molecule has 170 valence electrons. The third-order valence-electron chi connectivity index (χ3n) is 6.02. The van der Waals surface area contributed by atoms with Crippen molar-refractivity contribution in [3.63, 3.8) is 0 Å². The van der Waals surface area contributed by atoms with Gasteiger partial charge in [0.05, 0.1) is 11.1 Å². The second kappa shape index (κ2) is 8.97. The summed E-state index contributed by atoms with van der Waals surface area (Å²) < 4.78 is 12.5. The number of rotatable bonds is 4. The van der Waals surface area contributed by atoms with Gasteiger partial charge in [0.15, 0.2) is 11.5 Å². The maximum absolute atomic E-state index is 13.1. The Bertz CT molecular complexity index is 1280. The number of hydrogen-bond donors (Lipinski definition) is 1. The Kier molecular flexibility index (Phi) is 5.73. The number of ether oxygens (including phenoxy) is 2. The molecule has 0 aliphatic carbocycles. The lowest BCUT2D eigenvalue weighted by atomic mass is 10.0. The molecule has 0 atom stereocenters. The second-order valence-corrected chi connectivity index (χ2v) is 8.26. The molecule has 3 heterocycles. The standard InChI is InChI=1S/C25H25N3O5/c29-23(26-17-8-9-21-22(14-17)33-13-12-32-21)16-28-20-7-3-2-6-18(20)19(15-24(28)30)25(31)27-10-4-1-5-11-27/h2-3,6-9,14-15H,1,4-5,10-13,16H2,(H,26,29). The average molecular weight is 447 g/mol. The van der Waals surface area contributed by atoms with Crippen LogP contribution in [-0.4, -0.2) is 47.6 Å². The molecule has 5 rings (SSSR count). The highest BCUT2D eigenvalue weighted by Gasteiger charge is 2.22. The van der Waals surface area contributed by atoms with E-state index in [1.165, 1.54) is 10.6 Å². The van der Waals surface area contributed by atoms with Crippen molar-refractivity contribution in [2.24, 2.45) is 0 Å². The number of carbonyl (C=O) groups excluding carboxylic acids is 2. The summed E-state index contributed by atoms with van der Waals surface area (Å²) in [7, 11) is 0. The van der Waals surface area contributed by atoms with E-state index in [1.54, 1.807) is 30.3 Å². The fourth-order valence-electron chi connectivity index (χ4n) is 4.41. The largest absolute Gasteiger partial charge is 0.486 e. The molecule has 0 saturated carbocycles. The number of anilines is 1. The molecule has 1 aromatic heterocycles. The number of amides is 2. The van der Waals surface area contributed by atoms with Crippen LogP contribution in [0.1, 0.15) is 29.6 Å². The van der Waals surface area contributed by atoms with E-state index in [-0.39, 0.29) is 23.9 Å². The van der Waals surface area contributed by atoms with Gasteiger partial charge in [-0.3, -0.25) is 19.0 Å². The van der Waals surface area contributed by atoms with E-state index in [2.05, 4.69) is 5.32 Å². The van der Waals surface area contributed by atoms with Gasteiger partial charge in [-0.05, 0) is 37.5 Å². The number of nitrogens with zero attached hydrogens (tertiary/aromatic N) is 2. The summed E-state index contributed by atoms with van der Waals surface area (Å²) >= 11 is 0. The number of carbonyl (C=O) groups is 2. The van der Waals surface area contributed by atoms with Crippen molar-refractivity contribution in [3.05, 3.63) is 64.4 Å². The molecule has 0 bridgehead atoms. The van der Waals surface area contributed by atoms with E-state index in [4.69, 9.17) is 9.47 Å². The Morgan fingerprint density at radius 1 is 0.909 bits per heavy atom. The molecule has 33 heavy (non-hydrogen) atoms. The number of nitrogens with one attached hydrogen (secondary N) is 1. The Hall–Kier alpha value is -3.81. The summed E-state index contributed by atoms with van der Waals surface area (Å²) in [4.78, 5) is 40.7. The number of benzene rings is 2. The molecule has 3 aromatic rings. The first-order chi connectivity index (χ1) is 16.1. The van der Waals surface area contributed by atoms with E-state index in [0.717, 1.165) is 19.3 Å². The van der Waals surface area contributed by atoms with Crippen LogP contribution < -0.4 is 20.3 Å². The average Bonchev–Trinajstić information content (AvgIpc) is 2.85. The molecular weight excluding hydrogens is 422 g/mol. The molecule has 1 N–H and O–H groups in total. The summed E-state index contributed by atoms with van der Waals surface area (Å²) in [6.45, 7) is 2.17. The van der Waals surface area contributed by atoms with E-state index in [9.17, 15) is 14.4 Å². The van der Waals surface area contributed by atoms with Crippen LogP contribution in [0.25, 0.3) is 10.9 Å². The first-order valence-corrected chi connectivity index (χ1v) is 11.2. The van der Waals surface area contributed by atoms with Crippen LogP contribution in [0.15, 0.2) is 53.3 Å². The second-order valence-electron chi connectivity index (χ2n) is 8.26. The maximum Gasteiger partial charge on any atom is 0.254 e. The zero-order valence-corrected chi connectivity index (χ0v) is 18.2. The molecule has 2 aliphatic heterocycles. The molecule has 1 fully saturated rings. The van der Waals surface area contributed by atoms with Crippen molar-refractivity contribution >= 4 is 28.4 Å². The first-order valence-electron chi connectivity index (χ1n) is 11.2. The van der Waals surface area contributed by atoms with E-state index >= 15 is 0 Å². The third-order valence-corrected chi connectivity index (χ3v) is 6.02. The monoisotopic (exact) mass is 447 g/mol. The van der Waals surface area contributed by atoms with Crippen LogP contribution >= 0.6 is 0 Å². The summed E-state index contributed by atoms with van der Waals surface area (Å²) in [5.74, 6) is 0.725. The van der Waals surface area contributed by atoms with Crippen LogP contribution in [0.3, 0.4) is 0 Å². The topological polar surface area (TPSA) is 89.9 Å². The molecule has 2 amide bonds. The lowest BCUT2D eigenvalue weighted by Gasteiger charge is -2.27. The Labute approximate surface area is 190 Å². The minimum Gasteiger partial charge on any atom is -0.486 e. The Morgan fingerprint density at radius 2 is 1.67 bits per heavy atom. The zero-order chi connectivity index (χ0) is 22.8. The SMILES string of the molecule is O=C(Cn1c(=O)cc(C(=O)N2CCCCC2)c2ccccc21)Nc1ccc2c(c1)OCCO2. The predicted octanol–water partition coefficient (Wildman–Crippen LogP) is 3.04. The van der Waals surface area contributed by atoms with Crippen LogP contribution in [0, 0.1) is 0 Å². The van der Waals surface area contributed by atoms with Crippen molar-refractivity contribution in [1.82, 2.24) is 9.47 Å². The highest BCUT2D eigenvalue weighted by molar-refractivity contribution is 6.06. The fourth-order valence-corrected chi connectivity index (χ4v) is 4.41. The van der Waals surface area contributed by atoms with Crippen molar-refractivity contribution in [3.8, 4) is 11.5 Å². The fraction of sp³-hybridized carbons (Fsp3) is 0.320. The normalized spacial score (nSPS) is 15.3. The Morgan fingerprint density at radius 3 is 2.48 bits per heavy atom. The molecule has 2 aliphatic rings. The number of fused-ring (bicyclic) bond motifs is 2. The van der Waals surface area contributed by atoms with Crippen LogP contribution in [-0.2, 0) is 11.3 Å². The van der Waals surface area contributed by atoms with Gasteiger partial charge in [-0.2, -0.15) is 0 Å². The van der Waals surface area contributed by atoms with Gasteiger partial charge in [-0.15, -0.1) is 0 Å². The minimum absolute atomic E-state index is 0.129. The minimum atomic E-state index is -0.383. The summed E-state index contributed by atoms with van der Waals surface area (Å²) in [6.07, 6.45) is 3.06. The van der Waals surface area contributed by atoms with Gasteiger partial charge in [0.1, 0.15) is 19.8 Å². The van der Waals surface area contributed by atoms with Gasteiger partial charge in [-0.1, -0.05) is 18.2 Å². The molecule has 0 unspecified atom stereocenters. The van der Waals surface area contributed by atoms with Gasteiger partial charge in [0.25, 0.3) is 11.5 Å². The van der Waals surface area contributed by atoms with Gasteiger partial charge in [0.2, 0.25) is 5.91 Å². The Balaban J connectivity index is 1.41. The van der Waals surface area contributed by atoms with Gasteiger partial charge >= 0.3 is 0 Å². The molecule has 8 nitrogen and oxygen atoms in total. The number of aromatic nitrogens is 1. The van der Waals surface area contributed by atoms with Crippen molar-refractivity contribution in [1.29, 1.82) is 0 Å². The number of piperidine rings is 1. The van der Waals surface area contributed by atoms with Crippen LogP contribution in [0.5, 0.6) is 11.5 Å². The van der Waals surface area contributed by atoms with Gasteiger partial charge < -0.3 is 19.7 Å². The van der Waals surface area contributed by atoms with E-state index < -0.39 is 0 Å². The number of pyridine rings is 1. The van der Waals surface area contributed by atoms with Crippen LogP contribution in [0.2, 0.25) is 0 Å². The zero-order valence-electron chi connectivity index (χ0n) is 18.2. The summed E-state index contributed by atoms with van der Waals surface area (Å²) in [6, 6.07) is 13.7. The molecular formula is C25H25N3O5. The predicted molar refractivity (Wildman–Crippen MR) is 124 cm³/mol. The van der Waals surface area contributed by atoms with E-state index in [0.29, 0.717) is 60.0 Å². The van der Waals surface area contributed by atoms with E-state index in [1.807, 2.05) is 17.0 Å². The van der Waals surface area contributed by atoms with Crippen molar-refractivity contribution < 1.29 is 19.1 Å². The van der Waals surface area contributed by atoms with Crippen molar-refractivity contribution in [2.45, 2.75) is 25.8 Å². The molecule has 0 radical (unpaired) electrons. The quantitative estimate of drug-likeness (QED) is 0.664. The van der Waals surface area contributed by atoms with Gasteiger partial charge in [-0.25, -0.2) is 0 Å². The van der Waals surface area contributed by atoms with Crippen molar-refractivity contribution in [2.75, 3.05) is 31.6 Å². The highest BCUT2D eigenvalue weighted by Crippen LogP contribution is 2.32. The number of likely N-dealkylation sites (tertiary alicyclic amines) is 1. The maximum atomic E-state index is 13.1. The van der Waals surface area contributed by atoms with Gasteiger partial charge in [0, 0.05) is 36.3 Å². The smallest absolute Gasteiger partial charge is 0.254 e. The lowest BCUT2D eigenvalue weighted by molar-refractivity contribution is -0.116. The number of hydrogen-bond acceptors (Lipinski definition) is 5. The highest BCUT2D eigenvalue weighted by atomic mass is 16.6. The molecule has 0 spiro atoms. The molecule has 1 saturated heterocycles. The van der Waals surface area contributed by atoms with Crippen LogP contribution in [0.4, 0.5) is 5.69 Å². The third kappa shape index (κ3) is 4.28. The molecule has 2 aromatic carbocycles. The lowest BCUT2D eigenvalue weighted by Crippen LogP contribution is -2.37. The summed E-state index contributed by atoms with van der Waals surface area (Å²) in [5.41, 5.74) is 1.12. The summed E-state index contributed by atoms with van der Waals surface area (Å²) in [5, 5.41) is 3.48. The number of para-hydroxylation sites is 1. The molecule has 8 heteroatoms.